The van der Waals surface area contributed by atoms with Crippen molar-refractivity contribution < 1.29 is 17.5 Å². The van der Waals surface area contributed by atoms with E-state index in [4.69, 9.17) is 33.7 Å². The summed E-state index contributed by atoms with van der Waals surface area (Å²) in [5.41, 5.74) is 4.68. The summed E-state index contributed by atoms with van der Waals surface area (Å²) in [5, 5.41) is 0.523. The minimum absolute atomic E-state index is 0.0202. The van der Waals surface area contributed by atoms with Gasteiger partial charge >= 0.3 is 0 Å². The Balaban J connectivity index is 2.34. The zero-order chi connectivity index (χ0) is 16.1. The normalized spacial score (nSPS) is 18.8. The molecule has 22 heavy (non-hydrogen) atoms. The second kappa shape index (κ2) is 5.38. The van der Waals surface area contributed by atoms with E-state index in [1.165, 1.54) is 0 Å². The first-order chi connectivity index (χ1) is 10.4. The van der Waals surface area contributed by atoms with Crippen molar-refractivity contribution in [2.24, 2.45) is 5.73 Å². The third-order valence-electron chi connectivity index (χ3n) is 3.35. The first-order valence-corrected chi connectivity index (χ1v) is 8.55. The summed E-state index contributed by atoms with van der Waals surface area (Å²) in [4.78, 5) is -0.242. The van der Waals surface area contributed by atoms with Gasteiger partial charge < -0.3 is 10.5 Å². The van der Waals surface area contributed by atoms with Crippen molar-refractivity contribution in [2.75, 3.05) is 6.54 Å². The molecule has 8 heteroatoms. The molecular formula is C14H10Cl2FNO3S. The summed E-state index contributed by atoms with van der Waals surface area (Å²) in [6.45, 7) is -0.242. The molecule has 1 atom stereocenters. The van der Waals surface area contributed by atoms with E-state index < -0.39 is 21.1 Å². The summed E-state index contributed by atoms with van der Waals surface area (Å²) in [5.74, 6) is -0.707. The van der Waals surface area contributed by atoms with Crippen LogP contribution in [-0.4, -0.2) is 20.4 Å². The molecule has 4 nitrogen and oxygen atoms in total. The predicted octanol–water partition coefficient (Wildman–Crippen LogP) is 3.25. The number of sulfone groups is 1. The van der Waals surface area contributed by atoms with Crippen LogP contribution in [-0.2, 0) is 9.84 Å². The number of ether oxygens (including phenoxy) is 1. The number of halogens is 3. The minimum Gasteiger partial charge on any atom is -0.471 e. The molecule has 2 aromatic carbocycles. The topological polar surface area (TPSA) is 69.4 Å². The molecule has 0 radical (unpaired) electrons. The Morgan fingerprint density at radius 3 is 2.45 bits per heavy atom. The molecule has 0 aliphatic carbocycles. The Kier molecular flexibility index (Phi) is 3.81. The minimum atomic E-state index is -3.85. The van der Waals surface area contributed by atoms with Crippen molar-refractivity contribution in [3.05, 3.63) is 46.2 Å². The molecular weight excluding hydrogens is 352 g/mol. The van der Waals surface area contributed by atoms with Crippen LogP contribution in [0.5, 0.6) is 5.75 Å². The van der Waals surface area contributed by atoms with Crippen LogP contribution in [0.1, 0.15) is 0 Å². The van der Waals surface area contributed by atoms with E-state index in [2.05, 4.69) is 0 Å². The van der Waals surface area contributed by atoms with Crippen LogP contribution in [0.3, 0.4) is 0 Å². The number of benzene rings is 2. The van der Waals surface area contributed by atoms with Crippen molar-refractivity contribution >= 4 is 33.0 Å². The lowest BCUT2D eigenvalue weighted by atomic mass is 10.0. The molecule has 116 valence electrons. The summed E-state index contributed by atoms with van der Waals surface area (Å²) >= 11 is 12.2. The van der Waals surface area contributed by atoms with Crippen molar-refractivity contribution in [3.8, 4) is 16.9 Å². The maximum atomic E-state index is 13.9. The highest BCUT2D eigenvalue weighted by Gasteiger charge is 2.40. The average molecular weight is 362 g/mol. The molecule has 3 rings (SSSR count). The smallest absolute Gasteiger partial charge is 0.221 e. The van der Waals surface area contributed by atoms with E-state index >= 15 is 0 Å². The first kappa shape index (κ1) is 15.6. The van der Waals surface area contributed by atoms with Gasteiger partial charge in [-0.05, 0) is 24.3 Å². The van der Waals surface area contributed by atoms with Gasteiger partial charge in [-0.2, -0.15) is 0 Å². The van der Waals surface area contributed by atoms with E-state index in [9.17, 15) is 12.8 Å². The number of nitrogens with two attached hydrogens (primary N) is 1. The Morgan fingerprint density at radius 1 is 1.23 bits per heavy atom. The van der Waals surface area contributed by atoms with Crippen molar-refractivity contribution in [3.63, 3.8) is 0 Å². The molecule has 0 saturated carbocycles. The summed E-state index contributed by atoms with van der Waals surface area (Å²) < 4.78 is 43.9. The van der Waals surface area contributed by atoms with Gasteiger partial charge in [0.15, 0.2) is 0 Å². The summed E-state index contributed by atoms with van der Waals surface area (Å²) in [7, 11) is -3.85. The van der Waals surface area contributed by atoms with Gasteiger partial charge in [0.25, 0.3) is 0 Å². The maximum Gasteiger partial charge on any atom is 0.221 e. The van der Waals surface area contributed by atoms with Gasteiger partial charge in [0.2, 0.25) is 15.3 Å². The number of fused-ring (bicyclic) bond motifs is 1. The van der Waals surface area contributed by atoms with Gasteiger partial charge in [-0.15, -0.1) is 0 Å². The zero-order valence-electron chi connectivity index (χ0n) is 11.0. The lowest BCUT2D eigenvalue weighted by molar-refractivity contribution is 0.294. The molecule has 1 aliphatic rings. The highest BCUT2D eigenvalue weighted by Crippen LogP contribution is 2.47. The lowest BCUT2D eigenvalue weighted by Gasteiger charge is -2.12. The molecule has 0 aromatic heterocycles. The van der Waals surface area contributed by atoms with E-state index in [0.29, 0.717) is 5.56 Å². The van der Waals surface area contributed by atoms with Gasteiger partial charge in [0, 0.05) is 17.7 Å². The molecule has 0 amide bonds. The summed E-state index contributed by atoms with van der Waals surface area (Å²) in [6, 6.07) is 6.83. The molecule has 0 spiro atoms. The van der Waals surface area contributed by atoms with E-state index in [1.807, 2.05) is 0 Å². The van der Waals surface area contributed by atoms with Gasteiger partial charge in [-0.3, -0.25) is 0 Å². The van der Waals surface area contributed by atoms with E-state index in [1.54, 1.807) is 18.2 Å². The van der Waals surface area contributed by atoms with Crippen LogP contribution >= 0.6 is 23.2 Å². The highest BCUT2D eigenvalue weighted by molar-refractivity contribution is 7.92. The molecule has 2 aromatic rings. The average Bonchev–Trinajstić information content (AvgIpc) is 2.70. The first-order valence-electron chi connectivity index (χ1n) is 6.25. The monoisotopic (exact) mass is 361 g/mol. The quantitative estimate of drug-likeness (QED) is 0.891. The van der Waals surface area contributed by atoms with Crippen molar-refractivity contribution in [2.45, 2.75) is 10.3 Å². The van der Waals surface area contributed by atoms with Gasteiger partial charge in [0.05, 0.1) is 10.0 Å². The number of hydrogen-bond acceptors (Lipinski definition) is 4. The third-order valence-corrected chi connectivity index (χ3v) is 5.87. The van der Waals surface area contributed by atoms with Crippen molar-refractivity contribution in [1.82, 2.24) is 0 Å². The van der Waals surface area contributed by atoms with Crippen LogP contribution in [0.15, 0.2) is 35.2 Å². The molecule has 2 N–H and O–H groups in total. The second-order valence-corrected chi connectivity index (χ2v) is 7.58. The van der Waals surface area contributed by atoms with Gasteiger partial charge in [-0.1, -0.05) is 29.3 Å². The van der Waals surface area contributed by atoms with Crippen LogP contribution < -0.4 is 10.5 Å². The van der Waals surface area contributed by atoms with Crippen LogP contribution in [0.25, 0.3) is 11.1 Å². The van der Waals surface area contributed by atoms with E-state index in [0.717, 1.165) is 12.1 Å². The largest absolute Gasteiger partial charge is 0.471 e. The predicted molar refractivity (Wildman–Crippen MR) is 82.5 cm³/mol. The van der Waals surface area contributed by atoms with Crippen LogP contribution in [0.2, 0.25) is 10.0 Å². The Hall–Kier alpha value is -1.34. The third kappa shape index (κ3) is 2.27. The molecule has 1 aliphatic heterocycles. The molecule has 1 heterocycles. The Labute approximate surface area is 136 Å². The SMILES string of the molecule is NCC1Oc2c(-c3c(Cl)cccc3Cl)cc(F)cc2S1(=O)=O. The fourth-order valence-corrected chi connectivity index (χ4v) is 4.41. The Bertz CT molecular complexity index is 850. The van der Waals surface area contributed by atoms with Gasteiger partial charge in [0.1, 0.15) is 16.5 Å². The van der Waals surface area contributed by atoms with Crippen LogP contribution in [0.4, 0.5) is 4.39 Å². The fourth-order valence-electron chi connectivity index (χ4n) is 2.35. The lowest BCUT2D eigenvalue weighted by Crippen LogP contribution is -2.30. The second-order valence-electron chi connectivity index (χ2n) is 4.71. The summed E-state index contributed by atoms with van der Waals surface area (Å²) in [6.07, 6.45) is 0. The molecule has 0 fully saturated rings. The fraction of sp³-hybridized carbons (Fsp3) is 0.143. The Morgan fingerprint density at radius 2 is 1.86 bits per heavy atom. The molecule has 1 unspecified atom stereocenters. The molecule has 0 bridgehead atoms. The number of rotatable bonds is 2. The standard InChI is InChI=1S/C14H10Cl2FNO3S/c15-9-2-1-3-10(16)13(9)8-4-7(17)5-11-14(8)21-12(6-18)22(11,19)20/h1-5,12H,6,18H2. The van der Waals surface area contributed by atoms with E-state index in [-0.39, 0.29) is 32.8 Å². The molecule has 0 saturated heterocycles. The highest BCUT2D eigenvalue weighted by atomic mass is 35.5. The number of hydrogen-bond donors (Lipinski definition) is 1. The van der Waals surface area contributed by atoms with Crippen molar-refractivity contribution in [1.29, 1.82) is 0 Å². The zero-order valence-corrected chi connectivity index (χ0v) is 13.3. The van der Waals surface area contributed by atoms with Crippen LogP contribution in [0, 0.1) is 5.82 Å². The maximum absolute atomic E-state index is 13.9. The van der Waals surface area contributed by atoms with Gasteiger partial charge in [-0.25, -0.2) is 12.8 Å².